The summed E-state index contributed by atoms with van der Waals surface area (Å²) in [5, 5.41) is 10.9. The predicted molar refractivity (Wildman–Crippen MR) is 92.9 cm³/mol. The number of imidazole rings is 1. The molecule has 0 spiro atoms. The summed E-state index contributed by atoms with van der Waals surface area (Å²) in [5.41, 5.74) is 0.941. The zero-order chi connectivity index (χ0) is 16.4. The van der Waals surface area contributed by atoms with E-state index in [1.165, 1.54) is 6.20 Å². The first-order valence-corrected chi connectivity index (χ1v) is 9.30. The van der Waals surface area contributed by atoms with E-state index in [-0.39, 0.29) is 10.1 Å². The summed E-state index contributed by atoms with van der Waals surface area (Å²) in [7, 11) is 0. The van der Waals surface area contributed by atoms with E-state index in [1.807, 2.05) is 6.07 Å². The fourth-order valence-corrected chi connectivity index (χ4v) is 6.36. The summed E-state index contributed by atoms with van der Waals surface area (Å²) in [4.78, 5) is 19.0. The summed E-state index contributed by atoms with van der Waals surface area (Å²) in [6.07, 6.45) is 3.13. The second-order valence-electron chi connectivity index (χ2n) is 4.73. The maximum atomic E-state index is 10.6. The van der Waals surface area contributed by atoms with Gasteiger partial charge in [-0.05, 0) is 17.7 Å². The van der Waals surface area contributed by atoms with E-state index in [1.54, 1.807) is 46.4 Å². The Hall–Kier alpha value is -1.09. The third kappa shape index (κ3) is 3.55. The fraction of sp³-hybridized carbons (Fsp3) is 0.308. The minimum atomic E-state index is -0.865. The molecule has 1 saturated heterocycles. The summed E-state index contributed by atoms with van der Waals surface area (Å²) < 4.78 is 1.26. The van der Waals surface area contributed by atoms with Gasteiger partial charge in [-0.1, -0.05) is 29.3 Å². The van der Waals surface area contributed by atoms with Crippen LogP contribution in [-0.4, -0.2) is 26.1 Å². The number of hydrogen-bond donors (Lipinski definition) is 0. The highest BCUT2D eigenvalue weighted by Gasteiger charge is 2.40. The second kappa shape index (κ2) is 6.80. The van der Waals surface area contributed by atoms with E-state index in [0.29, 0.717) is 16.6 Å². The van der Waals surface area contributed by atoms with Crippen molar-refractivity contribution in [2.45, 2.75) is 10.6 Å². The molecule has 3 rings (SSSR count). The van der Waals surface area contributed by atoms with Crippen LogP contribution in [0.2, 0.25) is 10.0 Å². The monoisotopic (exact) mass is 391 g/mol. The van der Waals surface area contributed by atoms with Crippen molar-refractivity contribution in [2.24, 2.45) is 0 Å². The molecule has 0 atom stereocenters. The van der Waals surface area contributed by atoms with Crippen molar-refractivity contribution in [3.05, 3.63) is 56.3 Å². The van der Waals surface area contributed by atoms with E-state index in [2.05, 4.69) is 9.82 Å². The number of thioether (sulfide) groups is 2. The van der Waals surface area contributed by atoms with Gasteiger partial charge in [0.25, 0.3) is 6.01 Å². The van der Waals surface area contributed by atoms with Crippen LogP contribution in [0.25, 0.3) is 0 Å². The van der Waals surface area contributed by atoms with Crippen molar-refractivity contribution in [2.75, 3.05) is 11.5 Å². The van der Waals surface area contributed by atoms with Gasteiger partial charge < -0.3 is 4.57 Å². The van der Waals surface area contributed by atoms with Crippen LogP contribution in [0.15, 0.2) is 30.6 Å². The van der Waals surface area contributed by atoms with Crippen LogP contribution >= 0.6 is 46.7 Å². The summed E-state index contributed by atoms with van der Waals surface area (Å²) >= 11 is 15.9. The van der Waals surface area contributed by atoms with Crippen molar-refractivity contribution in [3.63, 3.8) is 0 Å². The molecule has 122 valence electrons. The number of halogens is 2. The lowest BCUT2D eigenvalue weighted by Gasteiger charge is -2.29. The Labute approximate surface area is 150 Å². The molecule has 1 aromatic heterocycles. The topological polar surface area (TPSA) is 70.2 Å². The summed E-state index contributed by atoms with van der Waals surface area (Å²) in [5.74, 6) is 1.92. The van der Waals surface area contributed by atoms with Gasteiger partial charge in [-0.25, -0.2) is 9.82 Å². The maximum absolute atomic E-state index is 10.6. The van der Waals surface area contributed by atoms with Crippen LogP contribution in [0.5, 0.6) is 6.01 Å². The lowest BCUT2D eigenvalue weighted by atomic mass is 10.1. The van der Waals surface area contributed by atoms with Gasteiger partial charge in [0, 0.05) is 33.9 Å². The Morgan fingerprint density at radius 1 is 1.39 bits per heavy atom. The quantitative estimate of drug-likeness (QED) is 0.564. The lowest BCUT2D eigenvalue weighted by Crippen LogP contribution is -2.23. The van der Waals surface area contributed by atoms with Crippen LogP contribution < -0.4 is 4.84 Å². The molecular formula is C13H11Cl2N3O3S2. The Kier molecular flexibility index (Phi) is 4.96. The first-order chi connectivity index (χ1) is 11.0. The van der Waals surface area contributed by atoms with Crippen LogP contribution in [0.4, 0.5) is 0 Å². The molecule has 1 aromatic carbocycles. The molecule has 1 aliphatic rings. The minimum absolute atomic E-state index is 0.0486. The van der Waals surface area contributed by atoms with Crippen LogP contribution in [0.1, 0.15) is 5.56 Å². The lowest BCUT2D eigenvalue weighted by molar-refractivity contribution is -0.713. The van der Waals surface area contributed by atoms with Gasteiger partial charge in [-0.3, -0.25) is 0 Å². The van der Waals surface area contributed by atoms with Crippen molar-refractivity contribution < 1.29 is 9.92 Å². The van der Waals surface area contributed by atoms with E-state index in [4.69, 9.17) is 23.2 Å². The SMILES string of the molecule is O=[N+]([O-])Oc1nccn1CC1(c2ccc(Cl)cc2Cl)SCCS1. The first kappa shape index (κ1) is 16.8. The predicted octanol–water partition coefficient (Wildman–Crippen LogP) is 4.09. The Morgan fingerprint density at radius 2 is 2.13 bits per heavy atom. The molecule has 0 saturated carbocycles. The average molecular weight is 392 g/mol. The maximum Gasteiger partial charge on any atom is 0.302 e. The standard InChI is InChI=1S/C13H11Cl2N3O3S2/c14-9-1-2-10(11(15)7-9)13(22-5-6-23-13)8-17-4-3-16-12(17)21-18(19)20/h1-4,7H,5-6,8H2. The molecule has 23 heavy (non-hydrogen) atoms. The van der Waals surface area contributed by atoms with Crippen LogP contribution in [0.3, 0.4) is 0 Å². The highest BCUT2D eigenvalue weighted by atomic mass is 35.5. The minimum Gasteiger partial charge on any atom is -0.310 e. The van der Waals surface area contributed by atoms with E-state index >= 15 is 0 Å². The highest BCUT2D eigenvalue weighted by Crippen LogP contribution is 2.55. The third-order valence-electron chi connectivity index (χ3n) is 3.31. The van der Waals surface area contributed by atoms with Crippen molar-refractivity contribution in [1.82, 2.24) is 9.55 Å². The van der Waals surface area contributed by atoms with Gasteiger partial charge in [0.1, 0.15) is 4.08 Å². The number of hydrogen-bond acceptors (Lipinski definition) is 6. The molecule has 2 aromatic rings. The van der Waals surface area contributed by atoms with E-state index < -0.39 is 5.09 Å². The van der Waals surface area contributed by atoms with E-state index in [0.717, 1.165) is 17.1 Å². The Bertz CT molecular complexity index is 735. The fourth-order valence-electron chi connectivity index (χ4n) is 2.39. The molecular weight excluding hydrogens is 381 g/mol. The van der Waals surface area contributed by atoms with Crippen LogP contribution in [-0.2, 0) is 10.6 Å². The second-order valence-corrected chi connectivity index (χ2v) is 8.62. The average Bonchev–Trinajstić information content (AvgIpc) is 3.10. The summed E-state index contributed by atoms with van der Waals surface area (Å²) in [6.45, 7) is 0.451. The Balaban J connectivity index is 1.96. The van der Waals surface area contributed by atoms with Gasteiger partial charge >= 0.3 is 5.09 Å². The normalized spacial score (nSPS) is 16.4. The number of benzene rings is 1. The molecule has 2 heterocycles. The van der Waals surface area contributed by atoms with Gasteiger partial charge in [-0.2, -0.15) is 0 Å². The molecule has 0 radical (unpaired) electrons. The molecule has 1 aliphatic heterocycles. The van der Waals surface area contributed by atoms with Gasteiger partial charge in [0.2, 0.25) is 0 Å². The molecule has 0 amide bonds. The van der Waals surface area contributed by atoms with Gasteiger partial charge in [0.15, 0.2) is 0 Å². The molecule has 0 unspecified atom stereocenters. The molecule has 0 N–H and O–H groups in total. The number of nitrogens with zero attached hydrogens (tertiary/aromatic N) is 3. The van der Waals surface area contributed by atoms with Gasteiger partial charge in [-0.15, -0.1) is 33.6 Å². The first-order valence-electron chi connectivity index (χ1n) is 6.57. The van der Waals surface area contributed by atoms with Gasteiger partial charge in [0.05, 0.1) is 6.54 Å². The number of aromatic nitrogens is 2. The Morgan fingerprint density at radius 3 is 2.78 bits per heavy atom. The molecule has 1 fully saturated rings. The highest BCUT2D eigenvalue weighted by molar-refractivity contribution is 8.20. The number of rotatable bonds is 5. The molecule has 0 bridgehead atoms. The molecule has 10 heteroatoms. The third-order valence-corrected chi connectivity index (χ3v) is 7.27. The molecule has 0 aliphatic carbocycles. The van der Waals surface area contributed by atoms with Crippen molar-refractivity contribution in [1.29, 1.82) is 0 Å². The largest absolute Gasteiger partial charge is 0.310 e. The zero-order valence-electron chi connectivity index (χ0n) is 11.6. The van der Waals surface area contributed by atoms with Crippen LogP contribution in [0, 0.1) is 10.1 Å². The summed E-state index contributed by atoms with van der Waals surface area (Å²) in [6, 6.07) is 5.36. The van der Waals surface area contributed by atoms with E-state index in [9.17, 15) is 10.1 Å². The van der Waals surface area contributed by atoms with Crippen molar-refractivity contribution in [3.8, 4) is 6.01 Å². The smallest absolute Gasteiger partial charge is 0.302 e. The zero-order valence-corrected chi connectivity index (χ0v) is 14.8. The molecule has 6 nitrogen and oxygen atoms in total. The van der Waals surface area contributed by atoms with Crippen molar-refractivity contribution >= 4 is 46.7 Å².